The molecule has 0 radical (unpaired) electrons. The summed E-state index contributed by atoms with van der Waals surface area (Å²) in [6, 6.07) is 6.08. The second-order valence-electron chi connectivity index (χ2n) is 5.72. The average molecular weight is 289 g/mol. The van der Waals surface area contributed by atoms with E-state index >= 15 is 0 Å². The molecule has 4 heteroatoms. The van der Waals surface area contributed by atoms with Gasteiger partial charge in [-0.25, -0.2) is 0 Å². The molecule has 1 N–H and O–H groups in total. The SMILES string of the molecule is Cc1ccc2c(c1)C(=O)SC2C(=O)NC1CCCCC1. The third kappa shape index (κ3) is 2.62. The quantitative estimate of drug-likeness (QED) is 0.908. The number of thioether (sulfide) groups is 1. The molecule has 1 aliphatic carbocycles. The van der Waals surface area contributed by atoms with Gasteiger partial charge >= 0.3 is 0 Å². The van der Waals surface area contributed by atoms with E-state index in [2.05, 4.69) is 5.32 Å². The maximum atomic E-state index is 12.4. The van der Waals surface area contributed by atoms with E-state index in [0.29, 0.717) is 11.6 Å². The predicted octanol–water partition coefficient (Wildman–Crippen LogP) is 3.37. The van der Waals surface area contributed by atoms with Crippen molar-refractivity contribution in [1.29, 1.82) is 0 Å². The first-order chi connectivity index (χ1) is 9.65. The second-order valence-corrected chi connectivity index (χ2v) is 6.80. The largest absolute Gasteiger partial charge is 0.352 e. The maximum absolute atomic E-state index is 12.4. The van der Waals surface area contributed by atoms with Crippen molar-refractivity contribution < 1.29 is 9.59 Å². The van der Waals surface area contributed by atoms with Gasteiger partial charge in [-0.2, -0.15) is 0 Å². The van der Waals surface area contributed by atoms with Gasteiger partial charge in [0, 0.05) is 11.6 Å². The highest BCUT2D eigenvalue weighted by atomic mass is 32.2. The predicted molar refractivity (Wildman–Crippen MR) is 80.9 cm³/mol. The lowest BCUT2D eigenvalue weighted by Crippen LogP contribution is -2.38. The number of nitrogens with one attached hydrogen (secondary N) is 1. The fraction of sp³-hybridized carbons (Fsp3) is 0.500. The Morgan fingerprint density at radius 2 is 2.00 bits per heavy atom. The van der Waals surface area contributed by atoms with Crippen molar-refractivity contribution in [2.75, 3.05) is 0 Å². The van der Waals surface area contributed by atoms with Crippen LogP contribution in [0.3, 0.4) is 0 Å². The summed E-state index contributed by atoms with van der Waals surface area (Å²) in [6.45, 7) is 1.97. The summed E-state index contributed by atoms with van der Waals surface area (Å²) < 4.78 is 0. The molecule has 1 atom stereocenters. The number of benzene rings is 1. The van der Waals surface area contributed by atoms with Crippen molar-refractivity contribution in [2.24, 2.45) is 0 Å². The first kappa shape index (κ1) is 13.7. The molecule has 3 rings (SSSR count). The molecule has 1 unspecified atom stereocenters. The van der Waals surface area contributed by atoms with E-state index in [0.717, 1.165) is 35.7 Å². The van der Waals surface area contributed by atoms with Crippen LogP contribution in [0.15, 0.2) is 18.2 Å². The molecule has 1 aromatic rings. The number of amides is 1. The van der Waals surface area contributed by atoms with Crippen LogP contribution in [0.2, 0.25) is 0 Å². The van der Waals surface area contributed by atoms with E-state index in [9.17, 15) is 9.59 Å². The normalized spacial score (nSPS) is 22.6. The molecule has 2 aliphatic rings. The molecule has 1 heterocycles. The van der Waals surface area contributed by atoms with Gasteiger partial charge in [-0.3, -0.25) is 9.59 Å². The number of hydrogen-bond donors (Lipinski definition) is 1. The van der Waals surface area contributed by atoms with Crippen LogP contribution in [0.5, 0.6) is 0 Å². The third-order valence-electron chi connectivity index (χ3n) is 4.13. The van der Waals surface area contributed by atoms with Crippen molar-refractivity contribution in [2.45, 2.75) is 50.3 Å². The van der Waals surface area contributed by atoms with Gasteiger partial charge < -0.3 is 5.32 Å². The monoisotopic (exact) mass is 289 g/mol. The lowest BCUT2D eigenvalue weighted by Gasteiger charge is -2.24. The van der Waals surface area contributed by atoms with Crippen LogP contribution < -0.4 is 5.32 Å². The van der Waals surface area contributed by atoms with Gasteiger partial charge in [0.25, 0.3) is 0 Å². The Bertz CT molecular complexity index is 549. The minimum atomic E-state index is -0.361. The van der Waals surface area contributed by atoms with Crippen LogP contribution in [0.1, 0.15) is 58.8 Å². The van der Waals surface area contributed by atoms with Crippen LogP contribution in [0.25, 0.3) is 0 Å². The van der Waals surface area contributed by atoms with Gasteiger partial charge in [0.2, 0.25) is 11.0 Å². The van der Waals surface area contributed by atoms with Gasteiger partial charge in [0.1, 0.15) is 5.25 Å². The molecule has 1 saturated carbocycles. The molecule has 20 heavy (non-hydrogen) atoms. The molecule has 3 nitrogen and oxygen atoms in total. The third-order valence-corrected chi connectivity index (χ3v) is 5.26. The van der Waals surface area contributed by atoms with Crippen molar-refractivity contribution in [3.63, 3.8) is 0 Å². The van der Waals surface area contributed by atoms with E-state index in [1.807, 2.05) is 25.1 Å². The number of hydrogen-bond acceptors (Lipinski definition) is 3. The number of rotatable bonds is 2. The number of fused-ring (bicyclic) bond motifs is 1. The molecule has 1 amide bonds. The van der Waals surface area contributed by atoms with Crippen LogP contribution in [0.4, 0.5) is 0 Å². The summed E-state index contributed by atoms with van der Waals surface area (Å²) in [7, 11) is 0. The first-order valence-electron chi connectivity index (χ1n) is 7.27. The highest BCUT2D eigenvalue weighted by Gasteiger charge is 2.36. The Hall–Kier alpha value is -1.29. The lowest BCUT2D eigenvalue weighted by molar-refractivity contribution is -0.121. The molecule has 0 aromatic heterocycles. The van der Waals surface area contributed by atoms with Crippen molar-refractivity contribution >= 4 is 22.8 Å². The van der Waals surface area contributed by atoms with Crippen molar-refractivity contribution in [3.8, 4) is 0 Å². The van der Waals surface area contributed by atoms with E-state index in [1.165, 1.54) is 19.3 Å². The Labute approximate surface area is 123 Å². The number of carbonyl (C=O) groups is 2. The summed E-state index contributed by atoms with van der Waals surface area (Å²) in [5.74, 6) is -0.00199. The van der Waals surface area contributed by atoms with Gasteiger partial charge in [0.15, 0.2) is 0 Å². The highest BCUT2D eigenvalue weighted by molar-refractivity contribution is 8.15. The van der Waals surface area contributed by atoms with Crippen LogP contribution in [-0.2, 0) is 4.79 Å². The average Bonchev–Trinajstić information content (AvgIpc) is 2.77. The van der Waals surface area contributed by atoms with Crippen LogP contribution in [-0.4, -0.2) is 17.1 Å². The minimum absolute atomic E-state index is 0.00199. The fourth-order valence-corrected chi connectivity index (χ4v) is 4.05. The van der Waals surface area contributed by atoms with E-state index in [4.69, 9.17) is 0 Å². The van der Waals surface area contributed by atoms with Crippen molar-refractivity contribution in [1.82, 2.24) is 5.32 Å². The zero-order chi connectivity index (χ0) is 14.1. The molecule has 106 valence electrons. The summed E-state index contributed by atoms with van der Waals surface area (Å²) in [5, 5.41) is 2.78. The molecule has 1 aromatic carbocycles. The Kier molecular flexibility index (Phi) is 3.83. The number of carbonyl (C=O) groups excluding carboxylic acids is 2. The smallest absolute Gasteiger partial charge is 0.238 e. The topological polar surface area (TPSA) is 46.2 Å². The molecular weight excluding hydrogens is 270 g/mol. The van der Waals surface area contributed by atoms with Gasteiger partial charge in [-0.1, -0.05) is 48.7 Å². The summed E-state index contributed by atoms with van der Waals surface area (Å²) in [5.41, 5.74) is 2.64. The van der Waals surface area contributed by atoms with E-state index in [1.54, 1.807) is 0 Å². The standard InChI is InChI=1S/C16H19NO2S/c1-10-7-8-12-13(9-10)16(19)20-14(12)15(18)17-11-5-3-2-4-6-11/h7-9,11,14H,2-6H2,1H3,(H,17,18). The molecule has 1 aliphatic heterocycles. The summed E-state index contributed by atoms with van der Waals surface area (Å²) in [4.78, 5) is 24.4. The Morgan fingerprint density at radius 3 is 2.75 bits per heavy atom. The molecule has 0 bridgehead atoms. The fourth-order valence-electron chi connectivity index (χ4n) is 3.03. The highest BCUT2D eigenvalue weighted by Crippen LogP contribution is 2.42. The molecule has 0 saturated heterocycles. The zero-order valence-corrected chi connectivity index (χ0v) is 12.5. The first-order valence-corrected chi connectivity index (χ1v) is 8.15. The van der Waals surface area contributed by atoms with Gasteiger partial charge in [-0.15, -0.1) is 0 Å². The van der Waals surface area contributed by atoms with Gasteiger partial charge in [0.05, 0.1) is 0 Å². The van der Waals surface area contributed by atoms with Gasteiger partial charge in [-0.05, 0) is 31.4 Å². The Balaban J connectivity index is 1.75. The second kappa shape index (κ2) is 5.60. The minimum Gasteiger partial charge on any atom is -0.352 e. The maximum Gasteiger partial charge on any atom is 0.238 e. The summed E-state index contributed by atoms with van der Waals surface area (Å²) >= 11 is 1.15. The van der Waals surface area contributed by atoms with Crippen molar-refractivity contribution in [3.05, 3.63) is 34.9 Å². The molecular formula is C16H19NO2S. The summed E-state index contributed by atoms with van der Waals surface area (Å²) in [6.07, 6.45) is 5.79. The lowest BCUT2D eigenvalue weighted by atomic mass is 9.95. The molecule has 1 fully saturated rings. The van der Waals surface area contributed by atoms with E-state index in [-0.39, 0.29) is 16.3 Å². The Morgan fingerprint density at radius 1 is 1.25 bits per heavy atom. The van der Waals surface area contributed by atoms with Crippen LogP contribution in [0, 0.1) is 6.92 Å². The number of aryl methyl sites for hydroxylation is 1. The van der Waals surface area contributed by atoms with E-state index < -0.39 is 0 Å². The molecule has 0 spiro atoms. The zero-order valence-electron chi connectivity index (χ0n) is 11.6. The van der Waals surface area contributed by atoms with Crippen LogP contribution >= 0.6 is 11.8 Å².